The average molecular weight is 416 g/mol. The van der Waals surface area contributed by atoms with Gasteiger partial charge in [0.2, 0.25) is 0 Å². The van der Waals surface area contributed by atoms with E-state index in [1.165, 1.54) is 23.1 Å². The number of aromatic nitrogens is 4. The van der Waals surface area contributed by atoms with Crippen LogP contribution >= 0.6 is 34.7 Å². The van der Waals surface area contributed by atoms with E-state index in [0.717, 1.165) is 26.1 Å². The van der Waals surface area contributed by atoms with Crippen molar-refractivity contribution in [1.29, 1.82) is 0 Å². The van der Waals surface area contributed by atoms with E-state index < -0.39 is 0 Å². The third-order valence-corrected chi connectivity index (χ3v) is 6.37. The fourth-order valence-corrected chi connectivity index (χ4v) is 4.36. The van der Waals surface area contributed by atoms with Crippen LogP contribution in [-0.4, -0.2) is 25.7 Å². The van der Waals surface area contributed by atoms with Crippen molar-refractivity contribution >= 4 is 57.3 Å². The number of carbonyl (C=O) groups is 1. The standard InChI is InChI=1S/C18H14ClN5OS2/c1-10-21-14-7-11(3-5-15(14)24(10)2)17(25)22-12-4-6-16(13(19)8-12)27-18-23-20-9-26-18/h3-9H,1-2H3,(H,22,25). The molecule has 27 heavy (non-hydrogen) atoms. The SMILES string of the molecule is Cc1nc2cc(C(=O)Nc3ccc(Sc4nncs4)c(Cl)c3)ccc2n1C. The Bertz CT molecular complexity index is 1140. The van der Waals surface area contributed by atoms with Crippen molar-refractivity contribution in [2.75, 3.05) is 5.32 Å². The minimum absolute atomic E-state index is 0.208. The van der Waals surface area contributed by atoms with Crippen molar-refractivity contribution < 1.29 is 4.79 Å². The molecule has 0 saturated heterocycles. The minimum atomic E-state index is -0.208. The summed E-state index contributed by atoms with van der Waals surface area (Å²) in [6.45, 7) is 1.93. The van der Waals surface area contributed by atoms with Crippen molar-refractivity contribution in [2.24, 2.45) is 7.05 Å². The van der Waals surface area contributed by atoms with Crippen molar-refractivity contribution in [2.45, 2.75) is 16.2 Å². The molecule has 4 rings (SSSR count). The lowest BCUT2D eigenvalue weighted by molar-refractivity contribution is 0.102. The highest BCUT2D eigenvalue weighted by Crippen LogP contribution is 2.35. The number of hydrogen-bond acceptors (Lipinski definition) is 6. The van der Waals surface area contributed by atoms with Crippen LogP contribution < -0.4 is 5.32 Å². The van der Waals surface area contributed by atoms with Gasteiger partial charge in [-0.05, 0) is 43.3 Å². The number of amides is 1. The predicted octanol–water partition coefficient (Wildman–Crippen LogP) is 4.79. The highest BCUT2D eigenvalue weighted by Gasteiger charge is 2.12. The molecule has 0 fully saturated rings. The molecule has 136 valence electrons. The van der Waals surface area contributed by atoms with E-state index in [1.807, 2.05) is 36.7 Å². The maximum atomic E-state index is 12.6. The molecule has 0 unspecified atom stereocenters. The Morgan fingerprint density at radius 3 is 2.85 bits per heavy atom. The summed E-state index contributed by atoms with van der Waals surface area (Å²) in [5, 5.41) is 11.2. The van der Waals surface area contributed by atoms with Crippen LogP contribution in [-0.2, 0) is 7.05 Å². The normalized spacial score (nSPS) is 11.1. The van der Waals surface area contributed by atoms with Crippen molar-refractivity contribution in [3.63, 3.8) is 0 Å². The van der Waals surface area contributed by atoms with Crippen LogP contribution in [0.2, 0.25) is 5.02 Å². The third-order valence-electron chi connectivity index (χ3n) is 4.09. The maximum Gasteiger partial charge on any atom is 0.255 e. The van der Waals surface area contributed by atoms with E-state index in [4.69, 9.17) is 11.6 Å². The first-order valence-corrected chi connectivity index (χ1v) is 10.1. The zero-order valence-corrected chi connectivity index (χ0v) is 16.8. The molecule has 9 heteroatoms. The van der Waals surface area contributed by atoms with Gasteiger partial charge in [-0.1, -0.05) is 34.7 Å². The van der Waals surface area contributed by atoms with Crippen molar-refractivity contribution in [3.8, 4) is 0 Å². The zero-order valence-electron chi connectivity index (χ0n) is 14.4. The van der Waals surface area contributed by atoms with Gasteiger partial charge >= 0.3 is 0 Å². The highest BCUT2D eigenvalue weighted by molar-refractivity contribution is 8.01. The Kier molecular flexibility index (Phi) is 4.86. The quantitative estimate of drug-likeness (QED) is 0.518. The van der Waals surface area contributed by atoms with E-state index >= 15 is 0 Å². The van der Waals surface area contributed by atoms with Gasteiger partial charge in [0, 0.05) is 23.2 Å². The largest absolute Gasteiger partial charge is 0.331 e. The lowest BCUT2D eigenvalue weighted by atomic mass is 10.2. The molecule has 0 radical (unpaired) electrons. The summed E-state index contributed by atoms with van der Waals surface area (Å²) in [5.41, 5.74) is 4.63. The smallest absolute Gasteiger partial charge is 0.255 e. The van der Waals surface area contributed by atoms with E-state index in [2.05, 4.69) is 20.5 Å². The first-order valence-electron chi connectivity index (χ1n) is 7.99. The van der Waals surface area contributed by atoms with E-state index in [9.17, 15) is 4.79 Å². The highest BCUT2D eigenvalue weighted by atomic mass is 35.5. The van der Waals surface area contributed by atoms with Crippen molar-refractivity contribution in [1.82, 2.24) is 19.7 Å². The van der Waals surface area contributed by atoms with E-state index in [0.29, 0.717) is 16.3 Å². The van der Waals surface area contributed by atoms with Crippen LogP contribution in [0.15, 0.2) is 51.1 Å². The van der Waals surface area contributed by atoms with E-state index in [-0.39, 0.29) is 5.91 Å². The number of fused-ring (bicyclic) bond motifs is 1. The monoisotopic (exact) mass is 415 g/mol. The Hall–Kier alpha value is -2.42. The van der Waals surface area contributed by atoms with Crippen molar-refractivity contribution in [3.05, 3.63) is 58.3 Å². The number of aryl methyl sites for hydroxylation is 2. The number of halogens is 1. The number of rotatable bonds is 4. The van der Waals surface area contributed by atoms with Crippen LogP contribution in [0.25, 0.3) is 11.0 Å². The molecule has 0 atom stereocenters. The van der Waals surface area contributed by atoms with Gasteiger partial charge in [0.05, 0.1) is 16.1 Å². The average Bonchev–Trinajstić information content (AvgIpc) is 3.25. The number of carbonyl (C=O) groups excluding carboxylic acids is 1. The molecule has 6 nitrogen and oxygen atoms in total. The van der Waals surface area contributed by atoms with Crippen LogP contribution in [0.4, 0.5) is 5.69 Å². The molecular formula is C18H14ClN5OS2. The first-order chi connectivity index (χ1) is 13.0. The van der Waals surface area contributed by atoms with E-state index in [1.54, 1.807) is 23.7 Å². The maximum absolute atomic E-state index is 12.6. The summed E-state index contributed by atoms with van der Waals surface area (Å²) in [5.74, 6) is 0.693. The Labute approximate surface area is 168 Å². The van der Waals surface area contributed by atoms with Crippen LogP contribution in [0.1, 0.15) is 16.2 Å². The molecular weight excluding hydrogens is 402 g/mol. The molecule has 2 aromatic heterocycles. The summed E-state index contributed by atoms with van der Waals surface area (Å²) in [6.07, 6.45) is 0. The Morgan fingerprint density at radius 1 is 1.26 bits per heavy atom. The molecule has 0 bridgehead atoms. The molecule has 0 aliphatic heterocycles. The number of nitrogens with one attached hydrogen (secondary N) is 1. The topological polar surface area (TPSA) is 72.7 Å². The van der Waals surface area contributed by atoms with Gasteiger partial charge in [-0.25, -0.2) is 4.98 Å². The summed E-state index contributed by atoms with van der Waals surface area (Å²) in [6, 6.07) is 10.9. The molecule has 4 aromatic rings. The number of nitrogens with zero attached hydrogens (tertiary/aromatic N) is 4. The second-order valence-electron chi connectivity index (χ2n) is 5.83. The summed E-state index contributed by atoms with van der Waals surface area (Å²) in [7, 11) is 1.95. The molecule has 1 N–H and O–H groups in total. The van der Waals surface area contributed by atoms with Crippen LogP contribution in [0.3, 0.4) is 0 Å². The number of anilines is 1. The molecule has 0 spiro atoms. The molecule has 0 aliphatic rings. The molecule has 0 saturated carbocycles. The van der Waals surface area contributed by atoms with Gasteiger partial charge in [0.15, 0.2) is 4.34 Å². The fraction of sp³-hybridized carbons (Fsp3) is 0.111. The lowest BCUT2D eigenvalue weighted by Gasteiger charge is -2.08. The molecule has 2 heterocycles. The third kappa shape index (κ3) is 3.69. The summed E-state index contributed by atoms with van der Waals surface area (Å²) in [4.78, 5) is 17.9. The number of imidazole rings is 1. The van der Waals surface area contributed by atoms with Gasteiger partial charge in [-0.3, -0.25) is 4.79 Å². The zero-order chi connectivity index (χ0) is 19.0. The molecule has 0 aliphatic carbocycles. The Balaban J connectivity index is 1.53. The van der Waals surface area contributed by atoms with Gasteiger partial charge in [0.25, 0.3) is 5.91 Å². The summed E-state index contributed by atoms with van der Waals surface area (Å²) >= 11 is 9.23. The number of hydrogen-bond donors (Lipinski definition) is 1. The summed E-state index contributed by atoms with van der Waals surface area (Å²) < 4.78 is 2.80. The lowest BCUT2D eigenvalue weighted by Crippen LogP contribution is -2.11. The van der Waals surface area contributed by atoms with Gasteiger partial charge in [-0.2, -0.15) is 0 Å². The van der Waals surface area contributed by atoms with Gasteiger partial charge in [0.1, 0.15) is 11.3 Å². The number of benzene rings is 2. The Morgan fingerprint density at radius 2 is 2.11 bits per heavy atom. The fourth-order valence-electron chi connectivity index (χ4n) is 2.63. The van der Waals surface area contributed by atoms with Gasteiger partial charge < -0.3 is 9.88 Å². The second kappa shape index (κ2) is 7.30. The first kappa shape index (κ1) is 18.0. The second-order valence-corrected chi connectivity index (χ2v) is 8.36. The molecule has 1 amide bonds. The minimum Gasteiger partial charge on any atom is -0.331 e. The van der Waals surface area contributed by atoms with Gasteiger partial charge in [-0.15, -0.1) is 10.2 Å². The predicted molar refractivity (Wildman–Crippen MR) is 109 cm³/mol. The molecule has 2 aromatic carbocycles. The van der Waals surface area contributed by atoms with Crippen LogP contribution in [0, 0.1) is 6.92 Å². The van der Waals surface area contributed by atoms with Crippen LogP contribution in [0.5, 0.6) is 0 Å².